The summed E-state index contributed by atoms with van der Waals surface area (Å²) in [6.45, 7) is 8.04. The van der Waals surface area contributed by atoms with Gasteiger partial charge in [0.15, 0.2) is 0 Å². The third-order valence-electron chi connectivity index (χ3n) is 4.77. The molecule has 1 heterocycles. The molecule has 5 nitrogen and oxygen atoms in total. The molecule has 0 atom stereocenters. The molecular weight excluding hydrogens is 293 g/mol. The van der Waals surface area contributed by atoms with Crippen molar-refractivity contribution in [3.05, 3.63) is 23.8 Å². The zero-order valence-electron chi connectivity index (χ0n) is 14.4. The predicted molar refractivity (Wildman–Crippen MR) is 89.2 cm³/mol. The Morgan fingerprint density at radius 3 is 2.30 bits per heavy atom. The molecule has 0 radical (unpaired) electrons. The van der Waals surface area contributed by atoms with Crippen molar-refractivity contribution in [2.75, 3.05) is 7.05 Å². The van der Waals surface area contributed by atoms with Crippen LogP contribution in [-0.2, 0) is 9.31 Å². The second-order valence-electron chi connectivity index (χ2n) is 7.28. The molecule has 0 unspecified atom stereocenters. The highest BCUT2D eigenvalue weighted by molar-refractivity contribution is 6.62. The molecule has 124 valence electrons. The number of hydrogen-bond acceptors (Lipinski definition) is 4. The van der Waals surface area contributed by atoms with Crippen LogP contribution < -0.4 is 15.5 Å². The van der Waals surface area contributed by atoms with Crippen LogP contribution in [-0.4, -0.2) is 37.4 Å². The monoisotopic (exact) mass is 317 g/mol. The van der Waals surface area contributed by atoms with Crippen LogP contribution in [0.25, 0.3) is 0 Å². The van der Waals surface area contributed by atoms with E-state index in [9.17, 15) is 4.79 Å². The molecule has 2 fully saturated rings. The quantitative estimate of drug-likeness (QED) is 0.862. The number of carbonyl (C=O) groups excluding carboxylic acids is 1. The SMILES string of the molecule is CNC(=O)c1cc(OC2CC2)cc(B2OC(C)(C)C(C)(C)O2)c1. The third kappa shape index (κ3) is 3.24. The molecule has 6 heteroatoms. The minimum atomic E-state index is -0.508. The Hall–Kier alpha value is -1.53. The Morgan fingerprint density at radius 2 is 1.78 bits per heavy atom. The van der Waals surface area contributed by atoms with E-state index in [-0.39, 0.29) is 12.0 Å². The van der Waals surface area contributed by atoms with Gasteiger partial charge in [0.05, 0.1) is 17.3 Å². The molecule has 23 heavy (non-hydrogen) atoms. The highest BCUT2D eigenvalue weighted by Crippen LogP contribution is 2.37. The molecule has 1 aliphatic carbocycles. The molecule has 1 N–H and O–H groups in total. The highest BCUT2D eigenvalue weighted by atomic mass is 16.7. The normalized spacial score (nSPS) is 22.0. The van der Waals surface area contributed by atoms with Gasteiger partial charge < -0.3 is 19.4 Å². The van der Waals surface area contributed by atoms with Gasteiger partial charge in [0, 0.05) is 12.6 Å². The van der Waals surface area contributed by atoms with E-state index in [1.165, 1.54) is 0 Å². The van der Waals surface area contributed by atoms with E-state index in [1.54, 1.807) is 19.2 Å². The average Bonchev–Trinajstić information content (AvgIpc) is 3.24. The number of hydrogen-bond donors (Lipinski definition) is 1. The Bertz CT molecular complexity index is 609. The van der Waals surface area contributed by atoms with Crippen LogP contribution in [0.15, 0.2) is 18.2 Å². The minimum absolute atomic E-state index is 0.149. The number of rotatable bonds is 4. The van der Waals surface area contributed by atoms with E-state index in [1.807, 2.05) is 33.8 Å². The lowest BCUT2D eigenvalue weighted by atomic mass is 9.78. The summed E-state index contributed by atoms with van der Waals surface area (Å²) in [6, 6.07) is 5.49. The summed E-state index contributed by atoms with van der Waals surface area (Å²) in [4.78, 5) is 12.0. The molecule has 2 aliphatic rings. The molecule has 1 aromatic carbocycles. The Balaban J connectivity index is 1.93. The first-order valence-electron chi connectivity index (χ1n) is 8.11. The molecular formula is C17H24BNO4. The fraction of sp³-hybridized carbons (Fsp3) is 0.588. The molecule has 1 amide bonds. The lowest BCUT2D eigenvalue weighted by Crippen LogP contribution is -2.41. The van der Waals surface area contributed by atoms with Gasteiger partial charge in [-0.25, -0.2) is 0 Å². The number of ether oxygens (including phenoxy) is 1. The van der Waals surface area contributed by atoms with Gasteiger partial charge in [-0.05, 0) is 64.2 Å². The molecule has 1 aliphatic heterocycles. The largest absolute Gasteiger partial charge is 0.494 e. The fourth-order valence-electron chi connectivity index (χ4n) is 2.46. The second-order valence-corrected chi connectivity index (χ2v) is 7.28. The maximum Gasteiger partial charge on any atom is 0.494 e. The topological polar surface area (TPSA) is 56.8 Å². The van der Waals surface area contributed by atoms with Gasteiger partial charge in [-0.3, -0.25) is 4.79 Å². The Kier molecular flexibility index (Phi) is 3.93. The van der Waals surface area contributed by atoms with Crippen LogP contribution in [0.5, 0.6) is 5.75 Å². The molecule has 0 bridgehead atoms. The summed E-state index contributed by atoms with van der Waals surface area (Å²) < 4.78 is 18.0. The van der Waals surface area contributed by atoms with Crippen LogP contribution in [0.3, 0.4) is 0 Å². The lowest BCUT2D eigenvalue weighted by molar-refractivity contribution is 0.00578. The van der Waals surface area contributed by atoms with E-state index in [0.717, 1.165) is 18.3 Å². The van der Waals surface area contributed by atoms with Gasteiger partial charge in [0.2, 0.25) is 0 Å². The molecule has 1 saturated carbocycles. The summed E-state index contributed by atoms with van der Waals surface area (Å²) in [7, 11) is 1.11. The van der Waals surface area contributed by atoms with Crippen molar-refractivity contribution in [2.24, 2.45) is 0 Å². The molecule has 0 spiro atoms. The number of amides is 1. The van der Waals surface area contributed by atoms with Crippen molar-refractivity contribution in [1.82, 2.24) is 5.32 Å². The Labute approximate surface area is 137 Å². The maximum absolute atomic E-state index is 12.0. The third-order valence-corrected chi connectivity index (χ3v) is 4.77. The average molecular weight is 317 g/mol. The zero-order chi connectivity index (χ0) is 16.8. The molecule has 1 aromatic rings. The van der Waals surface area contributed by atoms with E-state index in [4.69, 9.17) is 14.0 Å². The smallest absolute Gasteiger partial charge is 0.490 e. The van der Waals surface area contributed by atoms with E-state index >= 15 is 0 Å². The van der Waals surface area contributed by atoms with Crippen molar-refractivity contribution in [3.8, 4) is 5.75 Å². The van der Waals surface area contributed by atoms with E-state index < -0.39 is 18.3 Å². The van der Waals surface area contributed by atoms with Gasteiger partial charge in [0.25, 0.3) is 5.91 Å². The zero-order valence-corrected chi connectivity index (χ0v) is 14.4. The predicted octanol–water partition coefficient (Wildman–Crippen LogP) is 1.89. The summed E-state index contributed by atoms with van der Waals surface area (Å²) in [5.41, 5.74) is 0.520. The summed E-state index contributed by atoms with van der Waals surface area (Å²) >= 11 is 0. The molecule has 0 aromatic heterocycles. The fourth-order valence-corrected chi connectivity index (χ4v) is 2.46. The van der Waals surface area contributed by atoms with Crippen molar-refractivity contribution in [2.45, 2.75) is 57.8 Å². The van der Waals surface area contributed by atoms with Gasteiger partial charge in [0.1, 0.15) is 5.75 Å². The van der Waals surface area contributed by atoms with Crippen molar-refractivity contribution >= 4 is 18.5 Å². The van der Waals surface area contributed by atoms with E-state index in [0.29, 0.717) is 11.3 Å². The standard InChI is InChI=1S/C17H24BNO4/c1-16(2)17(3,4)23-18(22-16)12-8-11(15(20)19-5)9-14(10-12)21-13-6-7-13/h8-10,13H,6-7H2,1-5H3,(H,19,20). The molecule has 3 rings (SSSR count). The van der Waals surface area contributed by atoms with Gasteiger partial charge >= 0.3 is 7.12 Å². The van der Waals surface area contributed by atoms with Crippen LogP contribution in [0.2, 0.25) is 0 Å². The van der Waals surface area contributed by atoms with Crippen LogP contribution in [0.4, 0.5) is 0 Å². The van der Waals surface area contributed by atoms with Crippen molar-refractivity contribution in [1.29, 1.82) is 0 Å². The number of benzene rings is 1. The highest BCUT2D eigenvalue weighted by Gasteiger charge is 2.51. The van der Waals surface area contributed by atoms with Crippen molar-refractivity contribution in [3.63, 3.8) is 0 Å². The minimum Gasteiger partial charge on any atom is -0.490 e. The van der Waals surface area contributed by atoms with E-state index in [2.05, 4.69) is 5.32 Å². The first-order valence-corrected chi connectivity index (χ1v) is 8.11. The van der Waals surface area contributed by atoms with Gasteiger partial charge in [-0.15, -0.1) is 0 Å². The van der Waals surface area contributed by atoms with Crippen LogP contribution in [0, 0.1) is 0 Å². The summed E-state index contributed by atoms with van der Waals surface area (Å²) in [6.07, 6.45) is 2.40. The summed E-state index contributed by atoms with van der Waals surface area (Å²) in [5.74, 6) is 0.544. The van der Waals surface area contributed by atoms with Gasteiger partial charge in [-0.1, -0.05) is 0 Å². The van der Waals surface area contributed by atoms with Crippen LogP contribution in [0.1, 0.15) is 50.9 Å². The first-order chi connectivity index (χ1) is 10.7. The first kappa shape index (κ1) is 16.3. The van der Waals surface area contributed by atoms with Gasteiger partial charge in [-0.2, -0.15) is 0 Å². The lowest BCUT2D eigenvalue weighted by Gasteiger charge is -2.32. The van der Waals surface area contributed by atoms with Crippen LogP contribution >= 0.6 is 0 Å². The Morgan fingerprint density at radius 1 is 1.17 bits per heavy atom. The second kappa shape index (κ2) is 5.53. The summed E-state index contributed by atoms with van der Waals surface area (Å²) in [5, 5.41) is 2.65. The maximum atomic E-state index is 12.0. The number of carbonyl (C=O) groups is 1. The molecule has 1 saturated heterocycles. The van der Waals surface area contributed by atoms with Crippen molar-refractivity contribution < 1.29 is 18.8 Å². The number of nitrogens with one attached hydrogen (secondary N) is 1.